The van der Waals surface area contributed by atoms with E-state index in [0.29, 0.717) is 30.2 Å². The van der Waals surface area contributed by atoms with Crippen LogP contribution in [0, 0.1) is 13.8 Å². The first-order valence-electron chi connectivity index (χ1n) is 6.59. The fourth-order valence-corrected chi connectivity index (χ4v) is 4.03. The predicted octanol–water partition coefficient (Wildman–Crippen LogP) is 2.20. The Morgan fingerprint density at radius 1 is 1.21 bits per heavy atom. The average molecular weight is 289 g/mol. The van der Waals surface area contributed by atoms with Crippen LogP contribution in [0.1, 0.15) is 43.8 Å². The van der Waals surface area contributed by atoms with Crippen molar-refractivity contribution in [3.8, 4) is 0 Å². The van der Waals surface area contributed by atoms with E-state index < -0.39 is 10.0 Å². The lowest BCUT2D eigenvalue weighted by atomic mass is 10.2. The molecule has 0 saturated carbocycles. The van der Waals surface area contributed by atoms with Crippen molar-refractivity contribution in [2.75, 3.05) is 13.1 Å². The highest BCUT2D eigenvalue weighted by Crippen LogP contribution is 2.29. The molecule has 0 amide bonds. The van der Waals surface area contributed by atoms with E-state index in [9.17, 15) is 13.5 Å². The van der Waals surface area contributed by atoms with Crippen molar-refractivity contribution in [3.63, 3.8) is 0 Å². The van der Waals surface area contributed by atoms with E-state index in [4.69, 9.17) is 4.42 Å². The van der Waals surface area contributed by atoms with Crippen LogP contribution >= 0.6 is 0 Å². The highest BCUT2D eigenvalue weighted by atomic mass is 32.2. The minimum absolute atomic E-state index is 0.130. The van der Waals surface area contributed by atoms with Crippen LogP contribution in [0.25, 0.3) is 0 Å². The molecule has 0 fully saturated rings. The summed E-state index contributed by atoms with van der Waals surface area (Å²) in [7, 11) is -3.60. The molecule has 0 atom stereocenters. The van der Waals surface area contributed by atoms with E-state index in [1.807, 2.05) is 13.8 Å². The van der Waals surface area contributed by atoms with Gasteiger partial charge in [-0.05, 0) is 20.3 Å². The largest absolute Gasteiger partial charge is 0.465 e. The van der Waals surface area contributed by atoms with Gasteiger partial charge in [0.05, 0.1) is 6.61 Å². The van der Waals surface area contributed by atoms with Crippen LogP contribution in [0.2, 0.25) is 0 Å². The molecule has 1 aromatic rings. The highest BCUT2D eigenvalue weighted by molar-refractivity contribution is 7.89. The number of aliphatic hydroxyl groups is 1. The van der Waals surface area contributed by atoms with Crippen molar-refractivity contribution >= 4 is 10.0 Å². The number of aliphatic hydroxyl groups excluding tert-OH is 1. The van der Waals surface area contributed by atoms with Crippen molar-refractivity contribution in [1.29, 1.82) is 0 Å². The summed E-state index contributed by atoms with van der Waals surface area (Å²) < 4.78 is 32.1. The highest BCUT2D eigenvalue weighted by Gasteiger charge is 2.31. The molecule has 1 aromatic heterocycles. The minimum Gasteiger partial charge on any atom is -0.465 e. The molecule has 19 heavy (non-hydrogen) atoms. The van der Waals surface area contributed by atoms with Crippen molar-refractivity contribution in [2.24, 2.45) is 0 Å². The molecule has 6 heteroatoms. The summed E-state index contributed by atoms with van der Waals surface area (Å²) in [5.74, 6) is 0.807. The molecule has 0 radical (unpaired) electrons. The number of furan rings is 1. The standard InChI is InChI=1S/C13H23NO4S/c1-5-7-8-14(6-2)19(16,17)13-11(4)18-10(3)12(13)9-15/h15H,5-9H2,1-4H3. The first kappa shape index (κ1) is 16.2. The summed E-state index contributed by atoms with van der Waals surface area (Å²) >= 11 is 0. The number of rotatable bonds is 7. The quantitative estimate of drug-likeness (QED) is 0.835. The van der Waals surface area contributed by atoms with Gasteiger partial charge in [-0.25, -0.2) is 8.42 Å². The van der Waals surface area contributed by atoms with Gasteiger partial charge >= 0.3 is 0 Å². The van der Waals surface area contributed by atoms with Gasteiger partial charge in [0.25, 0.3) is 0 Å². The monoisotopic (exact) mass is 289 g/mol. The molecule has 0 aliphatic heterocycles. The van der Waals surface area contributed by atoms with Crippen LogP contribution in [-0.4, -0.2) is 30.9 Å². The smallest absolute Gasteiger partial charge is 0.246 e. The molecule has 110 valence electrons. The van der Waals surface area contributed by atoms with E-state index in [1.54, 1.807) is 13.8 Å². The molecule has 0 spiro atoms. The van der Waals surface area contributed by atoms with Crippen molar-refractivity contribution in [2.45, 2.75) is 52.0 Å². The maximum Gasteiger partial charge on any atom is 0.246 e. The van der Waals surface area contributed by atoms with Gasteiger partial charge in [0, 0.05) is 18.7 Å². The Kier molecular flexibility index (Phi) is 5.58. The first-order valence-corrected chi connectivity index (χ1v) is 8.03. The van der Waals surface area contributed by atoms with Gasteiger partial charge in [-0.3, -0.25) is 0 Å². The van der Waals surface area contributed by atoms with Gasteiger partial charge in [0.15, 0.2) is 0 Å². The predicted molar refractivity (Wildman–Crippen MR) is 73.4 cm³/mol. The van der Waals surface area contributed by atoms with E-state index in [-0.39, 0.29) is 11.5 Å². The summed E-state index contributed by atoms with van der Waals surface area (Å²) in [6, 6.07) is 0. The topological polar surface area (TPSA) is 70.8 Å². The molecule has 0 aromatic carbocycles. The van der Waals surface area contributed by atoms with E-state index >= 15 is 0 Å². The second kappa shape index (κ2) is 6.54. The fourth-order valence-electron chi connectivity index (χ4n) is 2.14. The number of hydrogen-bond donors (Lipinski definition) is 1. The van der Waals surface area contributed by atoms with Crippen LogP contribution in [-0.2, 0) is 16.6 Å². The lowest BCUT2D eigenvalue weighted by Gasteiger charge is -2.20. The van der Waals surface area contributed by atoms with Crippen LogP contribution < -0.4 is 0 Å². The van der Waals surface area contributed by atoms with Crippen LogP contribution in [0.15, 0.2) is 9.31 Å². The van der Waals surface area contributed by atoms with Gasteiger partial charge in [-0.15, -0.1) is 0 Å². The minimum atomic E-state index is -3.60. The molecule has 1 heterocycles. The van der Waals surface area contributed by atoms with E-state index in [0.717, 1.165) is 12.8 Å². The molecule has 5 nitrogen and oxygen atoms in total. The van der Waals surface area contributed by atoms with Crippen molar-refractivity contribution < 1.29 is 17.9 Å². The Balaban J connectivity index is 3.25. The van der Waals surface area contributed by atoms with Crippen molar-refractivity contribution in [3.05, 3.63) is 17.1 Å². The molecule has 1 N–H and O–H groups in total. The fraction of sp³-hybridized carbons (Fsp3) is 0.692. The lowest BCUT2D eigenvalue weighted by Crippen LogP contribution is -2.32. The maximum absolute atomic E-state index is 12.6. The number of hydrogen-bond acceptors (Lipinski definition) is 4. The Morgan fingerprint density at radius 2 is 1.84 bits per heavy atom. The molecule has 0 unspecified atom stereocenters. The third-order valence-electron chi connectivity index (χ3n) is 3.19. The van der Waals surface area contributed by atoms with Crippen molar-refractivity contribution in [1.82, 2.24) is 4.31 Å². The third kappa shape index (κ3) is 3.19. The van der Waals surface area contributed by atoms with Gasteiger partial charge in [0.1, 0.15) is 16.4 Å². The SMILES string of the molecule is CCCCN(CC)S(=O)(=O)c1c(C)oc(C)c1CO. The maximum atomic E-state index is 12.6. The van der Waals surface area contributed by atoms with Crippen LogP contribution in [0.4, 0.5) is 0 Å². The summed E-state index contributed by atoms with van der Waals surface area (Å²) in [4.78, 5) is 0.130. The molecule has 0 saturated heterocycles. The third-order valence-corrected chi connectivity index (χ3v) is 5.37. The Morgan fingerprint density at radius 3 is 2.32 bits per heavy atom. The summed E-state index contributed by atoms with van der Waals surface area (Å²) in [6.45, 7) is 7.69. The normalized spacial score (nSPS) is 12.3. The summed E-state index contributed by atoms with van der Waals surface area (Å²) in [5, 5.41) is 9.36. The first-order chi connectivity index (χ1) is 8.89. The second-order valence-corrected chi connectivity index (χ2v) is 6.41. The Hall–Kier alpha value is -0.850. The lowest BCUT2D eigenvalue weighted by molar-refractivity contribution is 0.276. The zero-order chi connectivity index (χ0) is 14.6. The number of nitrogens with zero attached hydrogens (tertiary/aromatic N) is 1. The summed E-state index contributed by atoms with van der Waals surface area (Å²) in [5.41, 5.74) is 0.368. The molecular weight excluding hydrogens is 266 g/mol. The number of aryl methyl sites for hydroxylation is 2. The number of sulfonamides is 1. The molecule has 0 aliphatic carbocycles. The van der Waals surface area contributed by atoms with Crippen LogP contribution in [0.5, 0.6) is 0 Å². The molecular formula is C13H23NO4S. The van der Waals surface area contributed by atoms with Gasteiger partial charge < -0.3 is 9.52 Å². The molecule has 0 aliphatic rings. The van der Waals surface area contributed by atoms with E-state index in [2.05, 4.69) is 0 Å². The number of unbranched alkanes of at least 4 members (excludes halogenated alkanes) is 1. The zero-order valence-electron chi connectivity index (χ0n) is 12.1. The Bertz CT molecular complexity index is 519. The van der Waals surface area contributed by atoms with E-state index in [1.165, 1.54) is 4.31 Å². The molecule has 1 rings (SSSR count). The molecule has 0 bridgehead atoms. The van der Waals surface area contributed by atoms with Gasteiger partial charge in [0.2, 0.25) is 10.0 Å². The zero-order valence-corrected chi connectivity index (χ0v) is 12.9. The van der Waals surface area contributed by atoms with Gasteiger partial charge in [-0.2, -0.15) is 4.31 Å². The summed E-state index contributed by atoms with van der Waals surface area (Å²) in [6.07, 6.45) is 1.75. The van der Waals surface area contributed by atoms with Gasteiger partial charge in [-0.1, -0.05) is 20.3 Å². The average Bonchev–Trinajstić information content (AvgIpc) is 2.64. The Labute approximate surface area is 115 Å². The van der Waals surface area contributed by atoms with Crippen LogP contribution in [0.3, 0.4) is 0 Å². The second-order valence-electron chi connectivity index (χ2n) is 4.53.